The highest BCUT2D eigenvalue weighted by atomic mass is 16.2. The molecule has 148 valence electrons. The van der Waals surface area contributed by atoms with E-state index in [4.69, 9.17) is 0 Å². The lowest BCUT2D eigenvalue weighted by molar-refractivity contribution is -0.138. The van der Waals surface area contributed by atoms with Crippen LogP contribution in [0.4, 0.5) is 5.69 Å². The number of carbonyl (C=O) groups is 2. The number of nitrogens with zero attached hydrogens (tertiary/aromatic N) is 2. The second kappa shape index (κ2) is 8.87. The molecule has 5 nitrogen and oxygen atoms in total. The SMILES string of the molecule is Cc1cc(C)cc(NC(=O)CN2CCC(C(=O)N3CCC[C@H](C)C3)CC2)c1. The summed E-state index contributed by atoms with van der Waals surface area (Å²) in [4.78, 5) is 29.4. The third-order valence-corrected chi connectivity index (χ3v) is 5.78. The van der Waals surface area contributed by atoms with Gasteiger partial charge >= 0.3 is 0 Å². The van der Waals surface area contributed by atoms with E-state index in [2.05, 4.69) is 28.1 Å². The van der Waals surface area contributed by atoms with Crippen LogP contribution in [0.1, 0.15) is 43.7 Å². The van der Waals surface area contributed by atoms with Crippen LogP contribution in [0.25, 0.3) is 0 Å². The third-order valence-electron chi connectivity index (χ3n) is 5.78. The Bertz CT molecular complexity index is 660. The average Bonchev–Trinajstić information content (AvgIpc) is 2.60. The quantitative estimate of drug-likeness (QED) is 0.884. The molecule has 0 radical (unpaired) electrons. The maximum absolute atomic E-state index is 12.8. The number of anilines is 1. The Morgan fingerprint density at radius 3 is 2.33 bits per heavy atom. The van der Waals surface area contributed by atoms with Gasteiger partial charge in [-0.25, -0.2) is 0 Å². The maximum atomic E-state index is 12.8. The summed E-state index contributed by atoms with van der Waals surface area (Å²) in [6.07, 6.45) is 4.09. The first-order valence-corrected chi connectivity index (χ1v) is 10.3. The minimum absolute atomic E-state index is 0.0228. The van der Waals surface area contributed by atoms with Gasteiger partial charge in [-0.1, -0.05) is 13.0 Å². The second-order valence-corrected chi connectivity index (χ2v) is 8.51. The molecule has 0 saturated carbocycles. The van der Waals surface area contributed by atoms with Crippen molar-refractivity contribution in [3.8, 4) is 0 Å². The fraction of sp³-hybridized carbons (Fsp3) is 0.636. The molecular weight excluding hydrogens is 338 g/mol. The molecule has 2 saturated heterocycles. The van der Waals surface area contributed by atoms with Gasteiger partial charge in [0.15, 0.2) is 0 Å². The molecule has 2 heterocycles. The predicted octanol–water partition coefficient (Wildman–Crippen LogP) is 3.21. The van der Waals surface area contributed by atoms with Crippen molar-refractivity contribution in [3.63, 3.8) is 0 Å². The van der Waals surface area contributed by atoms with Crippen molar-refractivity contribution in [1.82, 2.24) is 9.80 Å². The van der Waals surface area contributed by atoms with Crippen LogP contribution in [-0.2, 0) is 9.59 Å². The topological polar surface area (TPSA) is 52.7 Å². The number of carbonyl (C=O) groups excluding carboxylic acids is 2. The molecule has 0 unspecified atom stereocenters. The molecule has 2 aliphatic rings. The predicted molar refractivity (Wildman–Crippen MR) is 109 cm³/mol. The number of likely N-dealkylation sites (tertiary alicyclic amines) is 2. The van der Waals surface area contributed by atoms with Crippen molar-refractivity contribution in [2.24, 2.45) is 11.8 Å². The molecule has 1 aromatic carbocycles. The van der Waals surface area contributed by atoms with Gasteiger partial charge < -0.3 is 10.2 Å². The summed E-state index contributed by atoms with van der Waals surface area (Å²) < 4.78 is 0. The number of amides is 2. The Morgan fingerprint density at radius 1 is 1.04 bits per heavy atom. The standard InChI is InChI=1S/C22H33N3O2/c1-16-5-4-8-25(14-16)22(27)19-6-9-24(10-7-19)15-21(26)23-20-12-17(2)11-18(3)13-20/h11-13,16,19H,4-10,14-15H2,1-3H3,(H,23,26)/t16-/m0/s1. The normalized spacial score (nSPS) is 21.9. The number of benzene rings is 1. The van der Waals surface area contributed by atoms with Crippen molar-refractivity contribution in [3.05, 3.63) is 29.3 Å². The van der Waals surface area contributed by atoms with Crippen LogP contribution >= 0.6 is 0 Å². The molecule has 3 rings (SSSR count). The van der Waals surface area contributed by atoms with Gasteiger partial charge in [0.2, 0.25) is 11.8 Å². The number of nitrogens with one attached hydrogen (secondary N) is 1. The zero-order chi connectivity index (χ0) is 19.4. The highest BCUT2D eigenvalue weighted by Gasteiger charge is 2.30. The summed E-state index contributed by atoms with van der Waals surface area (Å²) in [5.41, 5.74) is 3.16. The van der Waals surface area contributed by atoms with Crippen LogP contribution in [0, 0.1) is 25.7 Å². The maximum Gasteiger partial charge on any atom is 0.238 e. The summed E-state index contributed by atoms with van der Waals surface area (Å²) in [7, 11) is 0. The molecule has 0 aromatic heterocycles. The summed E-state index contributed by atoms with van der Waals surface area (Å²) in [5.74, 6) is 1.11. The molecule has 2 aliphatic heterocycles. The Hall–Kier alpha value is -1.88. The fourth-order valence-electron chi connectivity index (χ4n) is 4.44. The summed E-state index contributed by atoms with van der Waals surface area (Å²) in [6, 6.07) is 6.09. The van der Waals surface area contributed by atoms with Gasteiger partial charge in [-0.15, -0.1) is 0 Å². The molecule has 1 aromatic rings. The largest absolute Gasteiger partial charge is 0.342 e. The van der Waals surface area contributed by atoms with E-state index in [1.807, 2.05) is 26.0 Å². The number of hydrogen-bond acceptors (Lipinski definition) is 3. The average molecular weight is 372 g/mol. The van der Waals surface area contributed by atoms with E-state index in [-0.39, 0.29) is 11.8 Å². The van der Waals surface area contributed by atoms with Crippen molar-refractivity contribution in [2.45, 2.75) is 46.5 Å². The second-order valence-electron chi connectivity index (χ2n) is 8.51. The summed E-state index contributed by atoms with van der Waals surface area (Å²) in [6.45, 7) is 10.2. The van der Waals surface area contributed by atoms with Crippen LogP contribution in [0.3, 0.4) is 0 Å². The van der Waals surface area contributed by atoms with Crippen molar-refractivity contribution in [1.29, 1.82) is 0 Å². The summed E-state index contributed by atoms with van der Waals surface area (Å²) >= 11 is 0. The molecule has 2 amide bonds. The number of aryl methyl sites for hydroxylation is 2. The lowest BCUT2D eigenvalue weighted by atomic mass is 9.93. The fourth-order valence-corrected chi connectivity index (χ4v) is 4.44. The lowest BCUT2D eigenvalue weighted by Crippen LogP contribution is -2.47. The van der Waals surface area contributed by atoms with Gasteiger partial charge in [-0.05, 0) is 81.8 Å². The Balaban J connectivity index is 1.45. The molecule has 0 aliphatic carbocycles. The van der Waals surface area contributed by atoms with Crippen molar-refractivity contribution >= 4 is 17.5 Å². The lowest BCUT2D eigenvalue weighted by Gasteiger charge is -2.37. The van der Waals surface area contributed by atoms with E-state index in [1.54, 1.807) is 0 Å². The van der Waals surface area contributed by atoms with Gasteiger partial charge in [-0.3, -0.25) is 14.5 Å². The molecular formula is C22H33N3O2. The molecule has 27 heavy (non-hydrogen) atoms. The molecule has 5 heteroatoms. The van der Waals surface area contributed by atoms with Crippen molar-refractivity contribution < 1.29 is 9.59 Å². The highest BCUT2D eigenvalue weighted by Crippen LogP contribution is 2.23. The Kier molecular flexibility index (Phi) is 6.53. The van der Waals surface area contributed by atoms with Gasteiger partial charge in [0.25, 0.3) is 0 Å². The van der Waals surface area contributed by atoms with E-state index in [0.29, 0.717) is 18.4 Å². The van der Waals surface area contributed by atoms with Crippen LogP contribution in [-0.4, -0.2) is 54.3 Å². The van der Waals surface area contributed by atoms with Crippen LogP contribution in [0.5, 0.6) is 0 Å². The first-order valence-electron chi connectivity index (χ1n) is 10.3. The van der Waals surface area contributed by atoms with E-state index in [9.17, 15) is 9.59 Å². The number of rotatable bonds is 4. The third kappa shape index (κ3) is 5.55. The summed E-state index contributed by atoms with van der Waals surface area (Å²) in [5, 5.41) is 3.01. The van der Waals surface area contributed by atoms with Crippen LogP contribution < -0.4 is 5.32 Å². The van der Waals surface area contributed by atoms with E-state index in [0.717, 1.165) is 62.3 Å². The highest BCUT2D eigenvalue weighted by molar-refractivity contribution is 5.92. The van der Waals surface area contributed by atoms with Gasteiger partial charge in [0.05, 0.1) is 6.54 Å². The first-order chi connectivity index (χ1) is 12.9. The molecule has 2 fully saturated rings. The minimum Gasteiger partial charge on any atom is -0.342 e. The van der Waals surface area contributed by atoms with Gasteiger partial charge in [-0.2, -0.15) is 0 Å². The van der Waals surface area contributed by atoms with Crippen molar-refractivity contribution in [2.75, 3.05) is 38.0 Å². The van der Waals surface area contributed by atoms with Crippen LogP contribution in [0.2, 0.25) is 0 Å². The number of piperidine rings is 2. The molecule has 1 N–H and O–H groups in total. The van der Waals surface area contributed by atoms with Gasteiger partial charge in [0, 0.05) is 24.7 Å². The Morgan fingerprint density at radius 2 is 1.70 bits per heavy atom. The molecule has 0 spiro atoms. The van der Waals surface area contributed by atoms with E-state index in [1.165, 1.54) is 6.42 Å². The Labute approximate surface area is 163 Å². The van der Waals surface area contributed by atoms with E-state index < -0.39 is 0 Å². The number of hydrogen-bond donors (Lipinski definition) is 1. The first kappa shape index (κ1) is 19.9. The molecule has 1 atom stereocenters. The van der Waals surface area contributed by atoms with E-state index >= 15 is 0 Å². The van der Waals surface area contributed by atoms with Gasteiger partial charge in [0.1, 0.15) is 0 Å². The zero-order valence-electron chi connectivity index (χ0n) is 17.0. The zero-order valence-corrected chi connectivity index (χ0v) is 17.0. The minimum atomic E-state index is 0.0228. The van der Waals surface area contributed by atoms with Crippen LogP contribution in [0.15, 0.2) is 18.2 Å². The smallest absolute Gasteiger partial charge is 0.238 e. The molecule has 0 bridgehead atoms. The monoisotopic (exact) mass is 371 g/mol.